The number of halogens is 1. The molecule has 3 rings (SSSR count). The van der Waals surface area contributed by atoms with Crippen molar-refractivity contribution in [1.82, 2.24) is 4.98 Å². The number of nitro benzene ring substituents is 1. The van der Waals surface area contributed by atoms with Crippen LogP contribution in [0.2, 0.25) is 5.02 Å². The third-order valence-corrected chi connectivity index (χ3v) is 5.14. The second-order valence-electron chi connectivity index (χ2n) is 6.22. The number of fused-ring (bicyclic) bond motifs is 1. The number of nitro groups is 1. The van der Waals surface area contributed by atoms with Gasteiger partial charge in [0.15, 0.2) is 0 Å². The van der Waals surface area contributed by atoms with E-state index in [0.29, 0.717) is 22.1 Å². The lowest BCUT2D eigenvalue weighted by Crippen LogP contribution is -2.18. The summed E-state index contributed by atoms with van der Waals surface area (Å²) in [6.45, 7) is 2.13. The van der Waals surface area contributed by atoms with Gasteiger partial charge in [-0.1, -0.05) is 24.9 Å². The Hall–Kier alpha value is -2.65. The molecule has 25 heavy (non-hydrogen) atoms. The van der Waals surface area contributed by atoms with Crippen LogP contribution in [0.15, 0.2) is 18.2 Å². The molecule has 128 valence electrons. The van der Waals surface area contributed by atoms with Gasteiger partial charge in [-0.05, 0) is 36.8 Å². The van der Waals surface area contributed by atoms with Crippen LogP contribution in [0.3, 0.4) is 0 Å². The summed E-state index contributed by atoms with van der Waals surface area (Å²) in [5.74, 6) is 0.634. The van der Waals surface area contributed by atoms with Crippen LogP contribution in [0, 0.1) is 27.4 Å². The van der Waals surface area contributed by atoms with Crippen LogP contribution >= 0.6 is 11.6 Å². The quantitative estimate of drug-likeness (QED) is 0.652. The molecule has 0 amide bonds. The molecule has 1 aliphatic rings. The summed E-state index contributed by atoms with van der Waals surface area (Å²) < 4.78 is 0. The third kappa shape index (κ3) is 3.03. The molecular weight excluding hydrogens is 340 g/mol. The number of hydrogen-bond donors (Lipinski definition) is 1. The van der Waals surface area contributed by atoms with E-state index in [1.165, 1.54) is 18.2 Å². The van der Waals surface area contributed by atoms with Crippen molar-refractivity contribution in [1.29, 1.82) is 5.26 Å². The standard InChI is InChI=1S/C18H17ClN4O2/c1-2-10-3-6-16-13(7-10)17(14(9-20)18(21)22-16)12-8-11(23(24)25)4-5-15(12)19/h4-5,8,10H,2-3,6-7H2,1H3,(H2,21,22). The minimum atomic E-state index is -0.474. The summed E-state index contributed by atoms with van der Waals surface area (Å²) in [6, 6.07) is 6.35. The maximum absolute atomic E-state index is 11.2. The summed E-state index contributed by atoms with van der Waals surface area (Å²) in [7, 11) is 0. The Morgan fingerprint density at radius 1 is 1.52 bits per heavy atom. The molecule has 7 heteroatoms. The number of benzene rings is 1. The molecular formula is C18H17ClN4O2. The molecule has 0 radical (unpaired) electrons. The molecule has 1 aliphatic carbocycles. The van der Waals surface area contributed by atoms with E-state index >= 15 is 0 Å². The molecule has 0 saturated carbocycles. The van der Waals surface area contributed by atoms with Crippen LogP contribution < -0.4 is 5.73 Å². The van der Waals surface area contributed by atoms with Gasteiger partial charge >= 0.3 is 0 Å². The highest BCUT2D eigenvalue weighted by molar-refractivity contribution is 6.33. The Morgan fingerprint density at radius 3 is 2.92 bits per heavy atom. The van der Waals surface area contributed by atoms with E-state index in [4.69, 9.17) is 17.3 Å². The molecule has 0 aliphatic heterocycles. The van der Waals surface area contributed by atoms with Crippen molar-refractivity contribution in [3.8, 4) is 17.2 Å². The van der Waals surface area contributed by atoms with Gasteiger partial charge in [0, 0.05) is 34.0 Å². The van der Waals surface area contributed by atoms with Crippen LogP contribution in [0.4, 0.5) is 11.5 Å². The van der Waals surface area contributed by atoms with Crippen molar-refractivity contribution in [2.45, 2.75) is 32.6 Å². The first-order valence-corrected chi connectivity index (χ1v) is 8.49. The Bertz CT molecular complexity index is 905. The normalized spacial score (nSPS) is 16.1. The number of nitrogen functional groups attached to an aromatic ring is 1. The topological polar surface area (TPSA) is 106 Å². The maximum atomic E-state index is 11.2. The summed E-state index contributed by atoms with van der Waals surface area (Å²) in [5.41, 5.74) is 9.02. The lowest BCUT2D eigenvalue weighted by molar-refractivity contribution is -0.384. The predicted molar refractivity (Wildman–Crippen MR) is 96.3 cm³/mol. The summed E-state index contributed by atoms with van der Waals surface area (Å²) in [4.78, 5) is 15.1. The smallest absolute Gasteiger partial charge is 0.270 e. The molecule has 2 N–H and O–H groups in total. The van der Waals surface area contributed by atoms with Crippen LogP contribution in [0.5, 0.6) is 0 Å². The van der Waals surface area contributed by atoms with Gasteiger partial charge < -0.3 is 5.73 Å². The molecule has 0 fully saturated rings. The van der Waals surface area contributed by atoms with Crippen LogP contribution in [0.25, 0.3) is 11.1 Å². The van der Waals surface area contributed by atoms with E-state index in [0.717, 1.165) is 36.9 Å². The number of nitriles is 1. The zero-order valence-electron chi connectivity index (χ0n) is 13.8. The van der Waals surface area contributed by atoms with Crippen molar-refractivity contribution in [2.24, 2.45) is 5.92 Å². The molecule has 1 aromatic carbocycles. The van der Waals surface area contributed by atoms with Crippen LogP contribution in [0.1, 0.15) is 36.6 Å². The minimum Gasteiger partial charge on any atom is -0.383 e. The Morgan fingerprint density at radius 2 is 2.28 bits per heavy atom. The predicted octanol–water partition coefficient (Wildman–Crippen LogP) is 4.28. The minimum absolute atomic E-state index is 0.0738. The summed E-state index contributed by atoms with van der Waals surface area (Å²) >= 11 is 6.34. The van der Waals surface area contributed by atoms with Gasteiger partial charge in [0.25, 0.3) is 5.69 Å². The molecule has 0 spiro atoms. The van der Waals surface area contributed by atoms with Crippen LogP contribution in [-0.2, 0) is 12.8 Å². The van der Waals surface area contributed by atoms with E-state index in [2.05, 4.69) is 18.0 Å². The van der Waals surface area contributed by atoms with Gasteiger partial charge in [-0.3, -0.25) is 10.1 Å². The van der Waals surface area contributed by atoms with E-state index in [-0.39, 0.29) is 17.1 Å². The Balaban J connectivity index is 2.32. The van der Waals surface area contributed by atoms with Crippen LogP contribution in [-0.4, -0.2) is 9.91 Å². The Kier molecular flexibility index (Phi) is 4.60. The number of non-ortho nitro benzene ring substituents is 1. The van der Waals surface area contributed by atoms with Crippen molar-refractivity contribution in [2.75, 3.05) is 5.73 Å². The SMILES string of the molecule is CCC1CCc2nc(N)c(C#N)c(-c3cc([N+](=O)[O-])ccc3Cl)c2C1. The van der Waals surface area contributed by atoms with E-state index < -0.39 is 4.92 Å². The lowest BCUT2D eigenvalue weighted by Gasteiger charge is -2.26. The molecule has 0 saturated heterocycles. The van der Waals surface area contributed by atoms with Crippen molar-refractivity contribution >= 4 is 23.1 Å². The second kappa shape index (κ2) is 6.69. The van der Waals surface area contributed by atoms with Crippen molar-refractivity contribution in [3.63, 3.8) is 0 Å². The lowest BCUT2D eigenvalue weighted by atomic mass is 9.80. The summed E-state index contributed by atoms with van der Waals surface area (Å²) in [6.07, 6.45) is 3.59. The Labute approximate surface area is 150 Å². The van der Waals surface area contributed by atoms with E-state index in [1.54, 1.807) is 0 Å². The number of hydrogen-bond acceptors (Lipinski definition) is 5. The maximum Gasteiger partial charge on any atom is 0.270 e. The molecule has 6 nitrogen and oxygen atoms in total. The van der Waals surface area contributed by atoms with Crippen molar-refractivity contribution < 1.29 is 4.92 Å². The van der Waals surface area contributed by atoms with Gasteiger partial charge in [0.1, 0.15) is 17.5 Å². The summed E-state index contributed by atoms with van der Waals surface area (Å²) in [5, 5.41) is 21.1. The van der Waals surface area contributed by atoms with Gasteiger partial charge in [0.2, 0.25) is 0 Å². The highest BCUT2D eigenvalue weighted by Gasteiger charge is 2.27. The van der Waals surface area contributed by atoms with Gasteiger partial charge in [-0.2, -0.15) is 5.26 Å². The van der Waals surface area contributed by atoms with Gasteiger partial charge in [-0.25, -0.2) is 4.98 Å². The zero-order valence-corrected chi connectivity index (χ0v) is 14.5. The van der Waals surface area contributed by atoms with Gasteiger partial charge in [0.05, 0.1) is 4.92 Å². The highest BCUT2D eigenvalue weighted by Crippen LogP contribution is 2.41. The fraction of sp³-hybridized carbons (Fsp3) is 0.333. The number of nitrogens with two attached hydrogens (primary N) is 1. The first-order chi connectivity index (χ1) is 12.0. The second-order valence-corrected chi connectivity index (χ2v) is 6.63. The average molecular weight is 357 g/mol. The fourth-order valence-corrected chi connectivity index (χ4v) is 3.64. The largest absolute Gasteiger partial charge is 0.383 e. The van der Waals surface area contributed by atoms with E-state index in [9.17, 15) is 15.4 Å². The number of aromatic nitrogens is 1. The van der Waals surface area contributed by atoms with Crippen molar-refractivity contribution in [3.05, 3.63) is 50.2 Å². The number of rotatable bonds is 3. The number of pyridine rings is 1. The fourth-order valence-electron chi connectivity index (χ4n) is 3.43. The number of nitrogens with zero attached hydrogens (tertiary/aromatic N) is 3. The first-order valence-electron chi connectivity index (χ1n) is 8.11. The molecule has 1 heterocycles. The zero-order chi connectivity index (χ0) is 18.1. The van der Waals surface area contributed by atoms with E-state index in [1.807, 2.05) is 0 Å². The molecule has 2 aromatic rings. The number of anilines is 1. The average Bonchev–Trinajstić information content (AvgIpc) is 2.60. The first kappa shape index (κ1) is 17.2. The molecule has 1 atom stereocenters. The number of aryl methyl sites for hydroxylation is 1. The third-order valence-electron chi connectivity index (χ3n) is 4.81. The molecule has 1 aromatic heterocycles. The highest BCUT2D eigenvalue weighted by atomic mass is 35.5. The molecule has 1 unspecified atom stereocenters. The monoisotopic (exact) mass is 356 g/mol. The van der Waals surface area contributed by atoms with Gasteiger partial charge in [-0.15, -0.1) is 0 Å². The molecule has 0 bridgehead atoms.